The molecule has 0 aromatic carbocycles. The number of halogens is 3. The number of thioether (sulfide) groups is 1. The molecule has 1 heterocycles. The number of nitrogens with one attached hydrogen (secondary N) is 1. The highest BCUT2D eigenvalue weighted by Gasteiger charge is 2.27. The summed E-state index contributed by atoms with van der Waals surface area (Å²) < 4.78 is 23.6. The number of hydrogen-bond acceptors (Lipinski definition) is 2. The Morgan fingerprint density at radius 2 is 2.38 bits per heavy atom. The van der Waals surface area contributed by atoms with Crippen LogP contribution in [-0.4, -0.2) is 34.8 Å². The molecule has 1 aliphatic rings. The minimum absolute atomic E-state index is 0.292. The second kappa shape index (κ2) is 5.14. The molecule has 0 radical (unpaired) electrons. The van der Waals surface area contributed by atoms with Crippen molar-refractivity contribution in [1.82, 2.24) is 5.32 Å². The van der Waals surface area contributed by atoms with E-state index in [0.29, 0.717) is 16.5 Å². The van der Waals surface area contributed by atoms with Crippen molar-refractivity contribution in [3.8, 4) is 0 Å². The summed E-state index contributed by atoms with van der Waals surface area (Å²) in [6.07, 6.45) is -2.35. The lowest BCUT2D eigenvalue weighted by atomic mass is 10.3. The molecule has 2 atom stereocenters. The third-order valence-electron chi connectivity index (χ3n) is 1.70. The van der Waals surface area contributed by atoms with E-state index in [1.54, 1.807) is 0 Å². The van der Waals surface area contributed by atoms with E-state index in [1.165, 1.54) is 11.8 Å². The van der Waals surface area contributed by atoms with Gasteiger partial charge in [-0.05, 0) is 6.92 Å². The number of hydrogen-bond donors (Lipinski definition) is 1. The molecule has 13 heavy (non-hydrogen) atoms. The summed E-state index contributed by atoms with van der Waals surface area (Å²) in [7, 11) is 0. The number of nitrogens with zero attached hydrogens (tertiary/aromatic N) is 1. The van der Waals surface area contributed by atoms with Crippen LogP contribution in [0.2, 0.25) is 0 Å². The largest absolute Gasteiger partial charge is 0.361 e. The molecule has 1 aliphatic heterocycles. The maximum atomic E-state index is 11.8. The van der Waals surface area contributed by atoms with Gasteiger partial charge in [-0.3, -0.25) is 4.99 Å². The normalized spacial score (nSPS) is 31.3. The maximum absolute atomic E-state index is 11.8. The van der Waals surface area contributed by atoms with Crippen molar-refractivity contribution >= 4 is 32.9 Å². The molecule has 6 heteroatoms. The minimum Gasteiger partial charge on any atom is -0.361 e. The van der Waals surface area contributed by atoms with Crippen LogP contribution in [0.5, 0.6) is 0 Å². The zero-order valence-corrected chi connectivity index (χ0v) is 9.54. The summed E-state index contributed by atoms with van der Waals surface area (Å²) in [5.74, 6) is 0. The van der Waals surface area contributed by atoms with Crippen molar-refractivity contribution in [3.63, 3.8) is 0 Å². The van der Waals surface area contributed by atoms with Gasteiger partial charge in [0.2, 0.25) is 0 Å². The third-order valence-corrected chi connectivity index (χ3v) is 4.17. The molecule has 0 saturated carbocycles. The van der Waals surface area contributed by atoms with Gasteiger partial charge in [0.05, 0.1) is 0 Å². The van der Waals surface area contributed by atoms with Crippen LogP contribution in [0.3, 0.4) is 0 Å². The monoisotopic (exact) mass is 272 g/mol. The fourth-order valence-electron chi connectivity index (χ4n) is 0.967. The average Bonchev–Trinajstić information content (AvgIpc) is 2.43. The summed E-state index contributed by atoms with van der Waals surface area (Å²) in [6.45, 7) is 1.61. The highest BCUT2D eigenvalue weighted by molar-refractivity contribution is 9.09. The Kier molecular flexibility index (Phi) is 4.45. The minimum atomic E-state index is -2.35. The second-order valence-corrected chi connectivity index (χ2v) is 4.66. The van der Waals surface area contributed by atoms with Crippen LogP contribution < -0.4 is 5.32 Å². The summed E-state index contributed by atoms with van der Waals surface area (Å²) in [5.41, 5.74) is 0. The first-order valence-electron chi connectivity index (χ1n) is 3.95. The predicted molar refractivity (Wildman–Crippen MR) is 56.1 cm³/mol. The maximum Gasteiger partial charge on any atom is 0.257 e. The molecule has 1 fully saturated rings. The lowest BCUT2D eigenvalue weighted by Crippen LogP contribution is -2.29. The van der Waals surface area contributed by atoms with E-state index in [-0.39, 0.29) is 0 Å². The number of rotatable bonds is 3. The molecule has 1 N–H and O–H groups in total. The Morgan fingerprint density at radius 3 is 2.85 bits per heavy atom. The van der Waals surface area contributed by atoms with Crippen molar-refractivity contribution in [2.45, 2.75) is 24.6 Å². The molecule has 0 bridgehead atoms. The first-order chi connectivity index (χ1) is 6.13. The van der Waals surface area contributed by atoms with Crippen molar-refractivity contribution in [2.75, 3.05) is 11.9 Å². The van der Waals surface area contributed by atoms with E-state index < -0.39 is 13.0 Å². The van der Waals surface area contributed by atoms with E-state index in [0.717, 1.165) is 5.33 Å². The Hall–Kier alpha value is 0.160. The van der Waals surface area contributed by atoms with Crippen molar-refractivity contribution in [2.24, 2.45) is 4.99 Å². The standard InChI is InChI=1S/C7H11BrF2N2S/c1-4-5(2-8)13-7(12-4)11-3-6(9)10/h4-6H,2-3H2,1H3,(H,11,12). The van der Waals surface area contributed by atoms with Gasteiger partial charge in [0.15, 0.2) is 5.17 Å². The van der Waals surface area contributed by atoms with Gasteiger partial charge < -0.3 is 5.32 Å². The van der Waals surface area contributed by atoms with Crippen molar-refractivity contribution in [3.05, 3.63) is 0 Å². The lowest BCUT2D eigenvalue weighted by molar-refractivity contribution is 0.159. The molecule has 76 valence electrons. The fourth-order valence-corrected chi connectivity index (χ4v) is 2.95. The van der Waals surface area contributed by atoms with Gasteiger partial charge in [-0.15, -0.1) is 0 Å². The van der Waals surface area contributed by atoms with Crippen molar-refractivity contribution < 1.29 is 8.78 Å². The van der Waals surface area contributed by atoms with Crippen LogP contribution in [0.1, 0.15) is 6.92 Å². The van der Waals surface area contributed by atoms with Crippen LogP contribution in [0, 0.1) is 0 Å². The number of alkyl halides is 3. The molecule has 0 aromatic heterocycles. The molecular formula is C7H11BrF2N2S. The lowest BCUT2D eigenvalue weighted by Gasteiger charge is -2.07. The van der Waals surface area contributed by atoms with Gasteiger partial charge in [-0.1, -0.05) is 27.7 Å². The summed E-state index contributed by atoms with van der Waals surface area (Å²) in [6, 6.07) is 0.292. The fraction of sp³-hybridized carbons (Fsp3) is 0.857. The summed E-state index contributed by atoms with van der Waals surface area (Å²) in [4.78, 5) is 3.77. The number of amidine groups is 1. The molecule has 0 amide bonds. The van der Waals surface area contributed by atoms with Gasteiger partial charge in [0.1, 0.15) is 6.54 Å². The Balaban J connectivity index is 2.43. The van der Waals surface area contributed by atoms with Gasteiger partial charge in [-0.25, -0.2) is 8.78 Å². The van der Waals surface area contributed by atoms with E-state index >= 15 is 0 Å². The van der Waals surface area contributed by atoms with Crippen LogP contribution >= 0.6 is 27.7 Å². The zero-order valence-electron chi connectivity index (χ0n) is 7.14. The van der Waals surface area contributed by atoms with Gasteiger partial charge in [0.25, 0.3) is 6.43 Å². The summed E-state index contributed by atoms with van der Waals surface area (Å²) in [5, 5.41) is 4.93. The average molecular weight is 273 g/mol. The molecular weight excluding hydrogens is 262 g/mol. The SMILES string of the molecule is CC1NC(=NCC(F)F)SC1CBr. The Labute approximate surface area is 88.7 Å². The highest BCUT2D eigenvalue weighted by Crippen LogP contribution is 2.24. The van der Waals surface area contributed by atoms with E-state index in [4.69, 9.17) is 0 Å². The predicted octanol–water partition coefficient (Wildman–Crippen LogP) is 2.10. The molecule has 1 saturated heterocycles. The molecule has 1 rings (SSSR count). The third kappa shape index (κ3) is 3.42. The quantitative estimate of drug-likeness (QED) is 0.796. The van der Waals surface area contributed by atoms with E-state index in [9.17, 15) is 8.78 Å². The Bertz CT molecular complexity index is 201. The first-order valence-corrected chi connectivity index (χ1v) is 5.95. The molecule has 0 aromatic rings. The molecule has 2 nitrogen and oxygen atoms in total. The van der Waals surface area contributed by atoms with Crippen LogP contribution in [0.25, 0.3) is 0 Å². The molecule has 0 spiro atoms. The topological polar surface area (TPSA) is 24.4 Å². The molecule has 2 unspecified atom stereocenters. The van der Waals surface area contributed by atoms with Gasteiger partial charge in [-0.2, -0.15) is 0 Å². The van der Waals surface area contributed by atoms with Crippen molar-refractivity contribution in [1.29, 1.82) is 0 Å². The second-order valence-electron chi connectivity index (χ2n) is 2.78. The highest BCUT2D eigenvalue weighted by atomic mass is 79.9. The van der Waals surface area contributed by atoms with Crippen LogP contribution in [0.15, 0.2) is 4.99 Å². The first kappa shape index (κ1) is 11.2. The van der Waals surface area contributed by atoms with E-state index in [2.05, 4.69) is 26.2 Å². The van der Waals surface area contributed by atoms with E-state index in [1.807, 2.05) is 6.92 Å². The Morgan fingerprint density at radius 1 is 1.69 bits per heavy atom. The zero-order chi connectivity index (χ0) is 9.84. The van der Waals surface area contributed by atoms with Gasteiger partial charge >= 0.3 is 0 Å². The van der Waals surface area contributed by atoms with Gasteiger partial charge in [0, 0.05) is 16.6 Å². The number of aliphatic imine (C=N–C) groups is 1. The van der Waals surface area contributed by atoms with Crippen LogP contribution in [0.4, 0.5) is 8.78 Å². The van der Waals surface area contributed by atoms with Crippen LogP contribution in [-0.2, 0) is 0 Å². The smallest absolute Gasteiger partial charge is 0.257 e. The summed E-state index contributed by atoms with van der Waals surface area (Å²) >= 11 is 4.88. The molecule has 0 aliphatic carbocycles.